The van der Waals surface area contributed by atoms with Crippen LogP contribution in [0.5, 0.6) is 0 Å². The lowest BCUT2D eigenvalue weighted by molar-refractivity contribution is 0.183. The van der Waals surface area contributed by atoms with Crippen LogP contribution < -0.4 is 5.32 Å². The van der Waals surface area contributed by atoms with Gasteiger partial charge in [0.2, 0.25) is 0 Å². The first-order chi connectivity index (χ1) is 6.68. The molecule has 0 aromatic carbocycles. The Hall–Kier alpha value is -1.09. The molecule has 0 radical (unpaired) electrons. The van der Waals surface area contributed by atoms with Crippen molar-refractivity contribution in [3.05, 3.63) is 23.9 Å². The molecule has 78 valence electrons. The average Bonchev–Trinajstić information content (AvgIpc) is 2.15. The van der Waals surface area contributed by atoms with Crippen molar-refractivity contribution in [3.8, 4) is 0 Å². The van der Waals surface area contributed by atoms with E-state index >= 15 is 0 Å². The first-order valence-corrected chi connectivity index (χ1v) is 5.03. The summed E-state index contributed by atoms with van der Waals surface area (Å²) < 4.78 is 0. The highest BCUT2D eigenvalue weighted by molar-refractivity contribution is 5.34. The van der Waals surface area contributed by atoms with E-state index in [9.17, 15) is 0 Å². The predicted molar refractivity (Wildman–Crippen MR) is 58.4 cm³/mol. The Morgan fingerprint density at radius 1 is 1.50 bits per heavy atom. The monoisotopic (exact) mass is 194 g/mol. The SMILES string of the molecule is Cc1ccc(NCCCC(C)O)nc1. The number of aliphatic hydroxyl groups excluding tert-OH is 1. The quantitative estimate of drug-likeness (QED) is 0.704. The van der Waals surface area contributed by atoms with Gasteiger partial charge >= 0.3 is 0 Å². The summed E-state index contributed by atoms with van der Waals surface area (Å²) in [5.41, 5.74) is 1.17. The molecule has 0 bridgehead atoms. The topological polar surface area (TPSA) is 45.1 Å². The smallest absolute Gasteiger partial charge is 0.125 e. The van der Waals surface area contributed by atoms with Gasteiger partial charge in [-0.25, -0.2) is 4.98 Å². The number of pyridine rings is 1. The number of hydrogen-bond donors (Lipinski definition) is 2. The average molecular weight is 194 g/mol. The Kier molecular flexibility index (Phi) is 4.40. The maximum Gasteiger partial charge on any atom is 0.125 e. The molecule has 0 spiro atoms. The summed E-state index contributed by atoms with van der Waals surface area (Å²) in [5, 5.41) is 12.2. The highest BCUT2D eigenvalue weighted by atomic mass is 16.3. The van der Waals surface area contributed by atoms with E-state index in [1.165, 1.54) is 5.56 Å². The van der Waals surface area contributed by atoms with Crippen molar-refractivity contribution < 1.29 is 5.11 Å². The van der Waals surface area contributed by atoms with Gasteiger partial charge in [0.05, 0.1) is 6.10 Å². The van der Waals surface area contributed by atoms with E-state index in [0.717, 1.165) is 25.2 Å². The van der Waals surface area contributed by atoms with Crippen LogP contribution in [0.25, 0.3) is 0 Å². The summed E-state index contributed by atoms with van der Waals surface area (Å²) >= 11 is 0. The molecular formula is C11H18N2O. The van der Waals surface area contributed by atoms with Gasteiger partial charge in [-0.3, -0.25) is 0 Å². The highest BCUT2D eigenvalue weighted by Crippen LogP contribution is 2.04. The van der Waals surface area contributed by atoms with Gasteiger partial charge < -0.3 is 10.4 Å². The molecule has 2 N–H and O–H groups in total. The molecule has 0 saturated carbocycles. The number of anilines is 1. The fourth-order valence-corrected chi connectivity index (χ4v) is 1.19. The number of aliphatic hydroxyl groups is 1. The van der Waals surface area contributed by atoms with Crippen molar-refractivity contribution in [2.75, 3.05) is 11.9 Å². The first kappa shape index (κ1) is 11.0. The minimum absolute atomic E-state index is 0.206. The third kappa shape index (κ3) is 4.23. The van der Waals surface area contributed by atoms with Crippen LogP contribution >= 0.6 is 0 Å². The van der Waals surface area contributed by atoms with E-state index in [1.807, 2.05) is 32.2 Å². The zero-order valence-electron chi connectivity index (χ0n) is 8.83. The fraction of sp³-hybridized carbons (Fsp3) is 0.545. The maximum absolute atomic E-state index is 9.04. The predicted octanol–water partition coefficient (Wildman–Crippen LogP) is 1.96. The van der Waals surface area contributed by atoms with Crippen LogP contribution in [0.4, 0.5) is 5.82 Å². The van der Waals surface area contributed by atoms with E-state index in [-0.39, 0.29) is 6.10 Å². The van der Waals surface area contributed by atoms with Gasteiger partial charge in [0, 0.05) is 12.7 Å². The molecule has 0 saturated heterocycles. The molecule has 0 amide bonds. The summed E-state index contributed by atoms with van der Waals surface area (Å²) in [6, 6.07) is 4.00. The summed E-state index contributed by atoms with van der Waals surface area (Å²) in [6.07, 6.45) is 3.44. The van der Waals surface area contributed by atoms with Crippen molar-refractivity contribution in [2.24, 2.45) is 0 Å². The molecule has 0 aliphatic heterocycles. The second-order valence-electron chi connectivity index (χ2n) is 3.64. The lowest BCUT2D eigenvalue weighted by Crippen LogP contribution is -2.07. The molecule has 14 heavy (non-hydrogen) atoms. The van der Waals surface area contributed by atoms with E-state index in [0.29, 0.717) is 0 Å². The van der Waals surface area contributed by atoms with Crippen molar-refractivity contribution in [2.45, 2.75) is 32.8 Å². The number of aryl methyl sites for hydroxylation is 1. The largest absolute Gasteiger partial charge is 0.393 e. The number of aromatic nitrogens is 1. The van der Waals surface area contributed by atoms with Gasteiger partial charge in [0.25, 0.3) is 0 Å². The molecule has 1 unspecified atom stereocenters. The van der Waals surface area contributed by atoms with Crippen LogP contribution in [0.15, 0.2) is 18.3 Å². The van der Waals surface area contributed by atoms with E-state index in [1.54, 1.807) is 0 Å². The van der Waals surface area contributed by atoms with Crippen molar-refractivity contribution in [1.82, 2.24) is 4.98 Å². The summed E-state index contributed by atoms with van der Waals surface area (Å²) in [6.45, 7) is 4.69. The molecule has 0 aliphatic rings. The van der Waals surface area contributed by atoms with Crippen LogP contribution in [0.3, 0.4) is 0 Å². The van der Waals surface area contributed by atoms with E-state index in [4.69, 9.17) is 5.11 Å². The van der Waals surface area contributed by atoms with Crippen LogP contribution in [-0.4, -0.2) is 22.7 Å². The zero-order valence-corrected chi connectivity index (χ0v) is 8.83. The fourth-order valence-electron chi connectivity index (χ4n) is 1.19. The summed E-state index contributed by atoms with van der Waals surface area (Å²) in [7, 11) is 0. The molecule has 1 heterocycles. The normalized spacial score (nSPS) is 12.5. The Bertz CT molecular complexity index is 256. The second kappa shape index (κ2) is 5.60. The lowest BCUT2D eigenvalue weighted by Gasteiger charge is -2.06. The molecule has 1 aromatic heterocycles. The van der Waals surface area contributed by atoms with Gasteiger partial charge in [0.15, 0.2) is 0 Å². The molecule has 0 fully saturated rings. The Balaban J connectivity index is 2.21. The van der Waals surface area contributed by atoms with E-state index in [2.05, 4.69) is 10.3 Å². The van der Waals surface area contributed by atoms with Crippen LogP contribution in [-0.2, 0) is 0 Å². The number of hydrogen-bond acceptors (Lipinski definition) is 3. The molecule has 1 atom stereocenters. The Morgan fingerprint density at radius 2 is 2.29 bits per heavy atom. The lowest BCUT2D eigenvalue weighted by atomic mass is 10.2. The first-order valence-electron chi connectivity index (χ1n) is 5.03. The molecule has 0 aliphatic carbocycles. The van der Waals surface area contributed by atoms with Crippen molar-refractivity contribution in [1.29, 1.82) is 0 Å². The molecule has 1 rings (SSSR count). The van der Waals surface area contributed by atoms with Crippen molar-refractivity contribution in [3.63, 3.8) is 0 Å². The van der Waals surface area contributed by atoms with Gasteiger partial charge in [-0.15, -0.1) is 0 Å². The van der Waals surface area contributed by atoms with Crippen molar-refractivity contribution >= 4 is 5.82 Å². The molecular weight excluding hydrogens is 176 g/mol. The molecule has 3 nitrogen and oxygen atoms in total. The van der Waals surface area contributed by atoms with Gasteiger partial charge in [-0.05, 0) is 38.3 Å². The maximum atomic E-state index is 9.04. The number of rotatable bonds is 5. The third-order valence-corrected chi connectivity index (χ3v) is 2.02. The Labute approximate surface area is 85.2 Å². The number of nitrogens with one attached hydrogen (secondary N) is 1. The summed E-state index contributed by atoms with van der Waals surface area (Å²) in [5.74, 6) is 0.904. The Morgan fingerprint density at radius 3 is 2.86 bits per heavy atom. The van der Waals surface area contributed by atoms with Crippen LogP contribution in [0, 0.1) is 6.92 Å². The van der Waals surface area contributed by atoms with Gasteiger partial charge in [-0.1, -0.05) is 6.07 Å². The molecule has 3 heteroatoms. The zero-order chi connectivity index (χ0) is 10.4. The summed E-state index contributed by atoms with van der Waals surface area (Å²) in [4.78, 5) is 4.22. The minimum Gasteiger partial charge on any atom is -0.393 e. The molecule has 1 aromatic rings. The van der Waals surface area contributed by atoms with Gasteiger partial charge in [0.1, 0.15) is 5.82 Å². The minimum atomic E-state index is -0.206. The van der Waals surface area contributed by atoms with Crippen LogP contribution in [0.2, 0.25) is 0 Å². The second-order valence-corrected chi connectivity index (χ2v) is 3.64. The van der Waals surface area contributed by atoms with Gasteiger partial charge in [-0.2, -0.15) is 0 Å². The number of nitrogens with zero attached hydrogens (tertiary/aromatic N) is 1. The standard InChI is InChI=1S/C11H18N2O/c1-9-5-6-11(13-8-9)12-7-3-4-10(2)14/h5-6,8,10,14H,3-4,7H2,1-2H3,(H,12,13). The van der Waals surface area contributed by atoms with E-state index < -0.39 is 0 Å². The third-order valence-electron chi connectivity index (χ3n) is 2.02. The highest BCUT2D eigenvalue weighted by Gasteiger charge is 1.96. The van der Waals surface area contributed by atoms with Crippen LogP contribution in [0.1, 0.15) is 25.3 Å².